The normalized spacial score (nSPS) is 11.9. The summed E-state index contributed by atoms with van der Waals surface area (Å²) in [5, 5.41) is 10.8. The molecule has 5 nitrogen and oxygen atoms in total. The van der Waals surface area contributed by atoms with Crippen LogP contribution in [0.5, 0.6) is 0 Å². The third kappa shape index (κ3) is 4.16. The van der Waals surface area contributed by atoms with Crippen LogP contribution in [0.1, 0.15) is 6.92 Å². The molecule has 7 heteroatoms. The Kier molecular flexibility index (Phi) is 5.10. The molecule has 1 atom stereocenters. The molecule has 0 radical (unpaired) electrons. The minimum Gasteiger partial charge on any atom is -0.325 e. The van der Waals surface area contributed by atoms with E-state index in [0.29, 0.717) is 17.4 Å². The molecule has 0 spiro atoms. The summed E-state index contributed by atoms with van der Waals surface area (Å²) in [7, 11) is 0. The van der Waals surface area contributed by atoms with Gasteiger partial charge in [-0.05, 0) is 31.2 Å². The van der Waals surface area contributed by atoms with Crippen LogP contribution >= 0.6 is 11.8 Å². The predicted molar refractivity (Wildman–Crippen MR) is 80.6 cm³/mol. The van der Waals surface area contributed by atoms with Crippen molar-refractivity contribution in [2.75, 3.05) is 5.32 Å². The number of carbonyl (C=O) groups is 1. The summed E-state index contributed by atoms with van der Waals surface area (Å²) in [6.45, 7) is 6.02. The number of anilines is 1. The fraction of sp³-hybridized carbons (Fsp3) is 0.214. The molecule has 2 aromatic rings. The molecule has 0 fully saturated rings. The zero-order valence-corrected chi connectivity index (χ0v) is 12.3. The summed E-state index contributed by atoms with van der Waals surface area (Å²) in [5.74, 6) is -0.521. The van der Waals surface area contributed by atoms with Crippen molar-refractivity contribution in [3.8, 4) is 0 Å². The number of benzene rings is 1. The SMILES string of the molecule is C=CCn1cnnc1S[C@@H](C)C(=O)Nc1ccc(F)cc1. The molecular formula is C14H15FN4OS. The van der Waals surface area contributed by atoms with Gasteiger partial charge in [-0.2, -0.15) is 0 Å². The van der Waals surface area contributed by atoms with Gasteiger partial charge in [0.25, 0.3) is 0 Å². The standard InChI is InChI=1S/C14H15FN4OS/c1-3-8-19-9-16-18-14(19)21-10(2)13(20)17-12-6-4-11(15)5-7-12/h3-7,9-10H,1,8H2,2H3,(H,17,20)/t10-/m0/s1. The molecule has 0 bridgehead atoms. The van der Waals surface area contributed by atoms with Gasteiger partial charge in [-0.3, -0.25) is 4.79 Å². The zero-order valence-electron chi connectivity index (χ0n) is 11.5. The lowest BCUT2D eigenvalue weighted by molar-refractivity contribution is -0.115. The fourth-order valence-corrected chi connectivity index (χ4v) is 2.42. The molecular weight excluding hydrogens is 291 g/mol. The van der Waals surface area contributed by atoms with Crippen molar-refractivity contribution in [1.82, 2.24) is 14.8 Å². The average molecular weight is 306 g/mol. The van der Waals surface area contributed by atoms with Gasteiger partial charge in [-0.1, -0.05) is 17.8 Å². The van der Waals surface area contributed by atoms with Gasteiger partial charge in [0.1, 0.15) is 12.1 Å². The maximum atomic E-state index is 12.8. The number of nitrogens with zero attached hydrogens (tertiary/aromatic N) is 3. The number of aromatic nitrogens is 3. The topological polar surface area (TPSA) is 59.8 Å². The highest BCUT2D eigenvalue weighted by atomic mass is 32.2. The van der Waals surface area contributed by atoms with Crippen LogP contribution in [0.15, 0.2) is 48.4 Å². The van der Waals surface area contributed by atoms with E-state index in [9.17, 15) is 9.18 Å². The van der Waals surface area contributed by atoms with Gasteiger partial charge >= 0.3 is 0 Å². The Labute approximate surface area is 126 Å². The van der Waals surface area contributed by atoms with Gasteiger partial charge in [0.15, 0.2) is 5.16 Å². The Hall–Kier alpha value is -2.15. The maximum absolute atomic E-state index is 12.8. The third-order valence-corrected chi connectivity index (χ3v) is 3.76. The summed E-state index contributed by atoms with van der Waals surface area (Å²) in [5.41, 5.74) is 0.557. The van der Waals surface area contributed by atoms with Gasteiger partial charge in [0.2, 0.25) is 5.91 Å². The number of halogens is 1. The largest absolute Gasteiger partial charge is 0.325 e. The Morgan fingerprint density at radius 3 is 2.90 bits per heavy atom. The van der Waals surface area contributed by atoms with Gasteiger partial charge in [-0.15, -0.1) is 16.8 Å². The number of thioether (sulfide) groups is 1. The number of carbonyl (C=O) groups excluding carboxylic acids is 1. The Balaban J connectivity index is 1.97. The van der Waals surface area contributed by atoms with Gasteiger partial charge in [0.05, 0.1) is 5.25 Å². The molecule has 2 rings (SSSR count). The number of nitrogens with one attached hydrogen (secondary N) is 1. The van der Waals surface area contributed by atoms with Crippen molar-refractivity contribution in [2.24, 2.45) is 0 Å². The smallest absolute Gasteiger partial charge is 0.237 e. The summed E-state index contributed by atoms with van der Waals surface area (Å²) in [6.07, 6.45) is 3.32. The monoisotopic (exact) mass is 306 g/mol. The van der Waals surface area contributed by atoms with Crippen molar-refractivity contribution in [1.29, 1.82) is 0 Å². The highest BCUT2D eigenvalue weighted by Gasteiger charge is 2.17. The van der Waals surface area contributed by atoms with E-state index in [4.69, 9.17) is 0 Å². The van der Waals surface area contributed by atoms with Crippen molar-refractivity contribution in [3.63, 3.8) is 0 Å². The molecule has 0 aliphatic heterocycles. The van der Waals surface area contributed by atoms with E-state index in [-0.39, 0.29) is 17.0 Å². The van der Waals surface area contributed by atoms with Crippen LogP contribution in [-0.4, -0.2) is 25.9 Å². The molecule has 1 amide bonds. The van der Waals surface area contributed by atoms with Crippen LogP contribution in [0.3, 0.4) is 0 Å². The number of hydrogen-bond acceptors (Lipinski definition) is 4. The van der Waals surface area contributed by atoms with Crippen LogP contribution in [0, 0.1) is 5.82 Å². The van der Waals surface area contributed by atoms with E-state index in [1.54, 1.807) is 23.9 Å². The van der Waals surface area contributed by atoms with E-state index in [1.807, 2.05) is 0 Å². The molecule has 0 saturated carbocycles. The number of rotatable bonds is 6. The summed E-state index contributed by atoms with van der Waals surface area (Å²) >= 11 is 1.30. The summed E-state index contributed by atoms with van der Waals surface area (Å²) in [6, 6.07) is 5.64. The molecule has 1 N–H and O–H groups in total. The average Bonchev–Trinajstić information content (AvgIpc) is 2.89. The molecule has 0 aliphatic carbocycles. The van der Waals surface area contributed by atoms with E-state index in [1.165, 1.54) is 36.0 Å². The van der Waals surface area contributed by atoms with E-state index < -0.39 is 0 Å². The lowest BCUT2D eigenvalue weighted by atomic mass is 10.3. The van der Waals surface area contributed by atoms with Crippen molar-refractivity contribution in [3.05, 3.63) is 49.1 Å². The highest BCUT2D eigenvalue weighted by Crippen LogP contribution is 2.22. The summed E-state index contributed by atoms with van der Waals surface area (Å²) < 4.78 is 14.6. The molecule has 110 valence electrons. The second kappa shape index (κ2) is 7.03. The number of hydrogen-bond donors (Lipinski definition) is 1. The first-order chi connectivity index (χ1) is 10.1. The third-order valence-electron chi connectivity index (χ3n) is 2.67. The highest BCUT2D eigenvalue weighted by molar-refractivity contribution is 8.00. The summed E-state index contributed by atoms with van der Waals surface area (Å²) in [4.78, 5) is 12.1. The Morgan fingerprint density at radius 1 is 1.52 bits per heavy atom. The van der Waals surface area contributed by atoms with Crippen molar-refractivity contribution < 1.29 is 9.18 Å². The lowest BCUT2D eigenvalue weighted by Crippen LogP contribution is -2.22. The second-order valence-corrected chi connectivity index (χ2v) is 5.62. The Morgan fingerprint density at radius 2 is 2.24 bits per heavy atom. The van der Waals surface area contributed by atoms with Crippen LogP contribution in [0.25, 0.3) is 0 Å². The van der Waals surface area contributed by atoms with E-state index in [2.05, 4.69) is 22.1 Å². The fourth-order valence-electron chi connectivity index (χ4n) is 1.59. The van der Waals surface area contributed by atoms with Gasteiger partial charge in [-0.25, -0.2) is 4.39 Å². The lowest BCUT2D eigenvalue weighted by Gasteiger charge is -2.11. The minimum atomic E-state index is -0.359. The number of allylic oxidation sites excluding steroid dienone is 1. The van der Waals surface area contributed by atoms with E-state index >= 15 is 0 Å². The van der Waals surface area contributed by atoms with Crippen LogP contribution in [0.4, 0.5) is 10.1 Å². The first-order valence-electron chi connectivity index (χ1n) is 6.32. The number of amides is 1. The molecule has 0 saturated heterocycles. The van der Waals surface area contributed by atoms with Gasteiger partial charge < -0.3 is 9.88 Å². The molecule has 1 aromatic heterocycles. The zero-order chi connectivity index (χ0) is 15.2. The molecule has 0 unspecified atom stereocenters. The molecule has 1 heterocycles. The van der Waals surface area contributed by atoms with Crippen LogP contribution in [-0.2, 0) is 11.3 Å². The first kappa shape index (κ1) is 15.2. The van der Waals surface area contributed by atoms with Crippen LogP contribution in [0.2, 0.25) is 0 Å². The van der Waals surface area contributed by atoms with Crippen molar-refractivity contribution in [2.45, 2.75) is 23.9 Å². The van der Waals surface area contributed by atoms with E-state index in [0.717, 1.165) is 0 Å². The maximum Gasteiger partial charge on any atom is 0.237 e. The predicted octanol–water partition coefficient (Wildman–Crippen LogP) is 2.72. The second-order valence-electron chi connectivity index (χ2n) is 4.31. The molecule has 0 aliphatic rings. The Bertz CT molecular complexity index is 626. The minimum absolute atomic E-state index is 0.181. The molecule has 1 aromatic carbocycles. The van der Waals surface area contributed by atoms with Crippen LogP contribution < -0.4 is 5.32 Å². The van der Waals surface area contributed by atoms with Crippen molar-refractivity contribution >= 4 is 23.4 Å². The first-order valence-corrected chi connectivity index (χ1v) is 7.20. The van der Waals surface area contributed by atoms with Gasteiger partial charge in [0, 0.05) is 12.2 Å². The quantitative estimate of drug-likeness (QED) is 0.658. The molecule has 21 heavy (non-hydrogen) atoms.